The molecule has 3 aliphatic heterocycles. The molecule has 0 aromatic carbocycles. The molecule has 2 unspecified atom stereocenters. The number of fused-ring (bicyclic) bond motifs is 1. The van der Waals surface area contributed by atoms with Crippen molar-refractivity contribution in [1.82, 2.24) is 10.6 Å². The van der Waals surface area contributed by atoms with E-state index in [9.17, 15) is 38.4 Å². The molecule has 2 saturated heterocycles. The molecule has 0 aromatic heterocycles. The molecule has 46 heavy (non-hydrogen) atoms. The molecule has 2 fully saturated rings. The quantitative estimate of drug-likeness (QED) is 0.105. The normalized spacial score (nSPS) is 18.4. The number of carbonyl (C=O) groups is 9. The fourth-order valence-corrected chi connectivity index (χ4v) is 4.18. The fraction of sp³-hybridized carbons (Fsp3) is 0.645. The second-order valence-corrected chi connectivity index (χ2v) is 10.5. The maximum atomic E-state index is 11.9. The fourth-order valence-electron chi connectivity index (χ4n) is 4.18. The summed E-state index contributed by atoms with van der Waals surface area (Å²) in [5.74, 6) is -3.92. The van der Waals surface area contributed by atoms with Crippen molar-refractivity contribution >= 4 is 52.9 Å². The molecule has 0 aliphatic carbocycles. The summed E-state index contributed by atoms with van der Waals surface area (Å²) in [7, 11) is 0. The molecule has 15 nitrogen and oxygen atoms in total. The zero-order chi connectivity index (χ0) is 35.1. The highest BCUT2D eigenvalue weighted by Crippen LogP contribution is 2.31. The summed E-state index contributed by atoms with van der Waals surface area (Å²) in [5.41, 5.74) is 0.733. The van der Waals surface area contributed by atoms with Crippen LogP contribution in [0.1, 0.15) is 91.9 Å². The van der Waals surface area contributed by atoms with E-state index in [1.54, 1.807) is 0 Å². The first-order valence-corrected chi connectivity index (χ1v) is 15.1. The van der Waals surface area contributed by atoms with E-state index in [0.29, 0.717) is 32.7 Å². The number of hydrogen-bond acceptors (Lipinski definition) is 12. The lowest BCUT2D eigenvalue weighted by Crippen LogP contribution is -2.52. The molecule has 0 bridgehead atoms. The lowest BCUT2D eigenvalue weighted by Gasteiger charge is -2.34. The molecule has 3 rings (SSSR count). The Morgan fingerprint density at radius 2 is 1.39 bits per heavy atom. The van der Waals surface area contributed by atoms with Crippen LogP contribution in [0.15, 0.2) is 11.6 Å². The smallest absolute Gasteiger partial charge is 0.331 e. The van der Waals surface area contributed by atoms with Crippen LogP contribution in [0, 0.1) is 5.92 Å². The Morgan fingerprint density at radius 1 is 0.848 bits per heavy atom. The molecular weight excluding hydrogens is 608 g/mol. The zero-order valence-corrected chi connectivity index (χ0v) is 27.0. The topological polar surface area (TPSA) is 226 Å². The van der Waals surface area contributed by atoms with Gasteiger partial charge in [0.25, 0.3) is 5.97 Å². The molecule has 0 saturated carbocycles. The Kier molecular flexibility index (Phi) is 22.0. The van der Waals surface area contributed by atoms with E-state index in [-0.39, 0.29) is 48.9 Å². The first kappa shape index (κ1) is 41.9. The maximum absolute atomic E-state index is 11.9. The van der Waals surface area contributed by atoms with Crippen LogP contribution in [0.25, 0.3) is 0 Å². The lowest BCUT2D eigenvalue weighted by molar-refractivity contribution is -0.156. The van der Waals surface area contributed by atoms with Crippen LogP contribution in [0.2, 0.25) is 0 Å². The van der Waals surface area contributed by atoms with Gasteiger partial charge in [0.05, 0.1) is 31.6 Å². The number of Topliss-reactive ketones (excluding diaryl/α,β-unsaturated/α-hetero) is 3. The third-order valence-corrected chi connectivity index (χ3v) is 5.91. The molecule has 2 atom stereocenters. The number of aliphatic carboxylic acids is 1. The summed E-state index contributed by atoms with van der Waals surface area (Å²) in [6.45, 7) is 9.28. The van der Waals surface area contributed by atoms with Crippen molar-refractivity contribution < 1.29 is 62.5 Å². The molecule has 0 aromatic rings. The van der Waals surface area contributed by atoms with Crippen LogP contribution in [-0.2, 0) is 57.4 Å². The van der Waals surface area contributed by atoms with Gasteiger partial charge in [-0.15, -0.1) is 0 Å². The highest BCUT2D eigenvalue weighted by Gasteiger charge is 2.42. The van der Waals surface area contributed by atoms with E-state index in [1.807, 2.05) is 19.2 Å². The van der Waals surface area contributed by atoms with Crippen molar-refractivity contribution in [3.63, 3.8) is 0 Å². The van der Waals surface area contributed by atoms with Crippen molar-refractivity contribution in [3.05, 3.63) is 11.6 Å². The second-order valence-electron chi connectivity index (χ2n) is 10.5. The Bertz CT molecular complexity index is 1080. The zero-order valence-electron chi connectivity index (χ0n) is 27.0. The van der Waals surface area contributed by atoms with Crippen LogP contribution in [0.4, 0.5) is 0 Å². The van der Waals surface area contributed by atoms with E-state index in [2.05, 4.69) is 5.32 Å². The number of carboxylic acid groups (broad SMARTS) is 1. The SMILES string of the molecule is CC(=O)O.CCCOCCCC(=O)CC(C)=O.CCCOCCCC1=CC(=O)OC2CC(=O)NC(=O)C12.O=C1CC(=O)NC(=O)C1. The highest BCUT2D eigenvalue weighted by molar-refractivity contribution is 6.16. The van der Waals surface area contributed by atoms with Crippen LogP contribution in [0.3, 0.4) is 0 Å². The predicted octanol–water partition coefficient (Wildman–Crippen LogP) is 1.53. The third-order valence-electron chi connectivity index (χ3n) is 5.91. The van der Waals surface area contributed by atoms with Gasteiger partial charge in [-0.05, 0) is 44.6 Å². The molecule has 258 valence electrons. The van der Waals surface area contributed by atoms with Gasteiger partial charge in [0, 0.05) is 45.8 Å². The van der Waals surface area contributed by atoms with E-state index in [4.69, 9.17) is 24.1 Å². The van der Waals surface area contributed by atoms with E-state index >= 15 is 0 Å². The van der Waals surface area contributed by atoms with E-state index in [0.717, 1.165) is 44.8 Å². The number of amides is 4. The average Bonchev–Trinajstić information content (AvgIpc) is 2.91. The Balaban J connectivity index is 0.000000669. The summed E-state index contributed by atoms with van der Waals surface area (Å²) in [5, 5.41) is 11.7. The number of ether oxygens (including phenoxy) is 3. The van der Waals surface area contributed by atoms with Gasteiger partial charge < -0.3 is 19.3 Å². The second kappa shape index (κ2) is 24.2. The van der Waals surface area contributed by atoms with Crippen LogP contribution < -0.4 is 10.6 Å². The molecule has 3 N–H and O–H groups in total. The molecule has 3 aliphatic rings. The minimum absolute atomic E-state index is 0.0209. The molecule has 3 heterocycles. The number of piperidine rings is 2. The molecular formula is C31H46N2O13. The Hall–Kier alpha value is -4.11. The number of nitrogens with one attached hydrogen (secondary N) is 2. The maximum Gasteiger partial charge on any atom is 0.331 e. The summed E-state index contributed by atoms with van der Waals surface area (Å²) in [4.78, 5) is 96.3. The van der Waals surface area contributed by atoms with Gasteiger partial charge >= 0.3 is 5.97 Å². The minimum atomic E-state index is -0.833. The van der Waals surface area contributed by atoms with Gasteiger partial charge in [0.1, 0.15) is 17.7 Å². The van der Waals surface area contributed by atoms with Crippen molar-refractivity contribution in [2.45, 2.75) is 98.0 Å². The first-order chi connectivity index (χ1) is 21.7. The van der Waals surface area contributed by atoms with Gasteiger partial charge in [-0.25, -0.2) is 4.79 Å². The van der Waals surface area contributed by atoms with Gasteiger partial charge in [-0.1, -0.05) is 13.8 Å². The summed E-state index contributed by atoms with van der Waals surface area (Å²) >= 11 is 0. The average molecular weight is 655 g/mol. The monoisotopic (exact) mass is 654 g/mol. The Morgan fingerprint density at radius 3 is 1.89 bits per heavy atom. The summed E-state index contributed by atoms with van der Waals surface area (Å²) in [6.07, 6.45) is 5.04. The number of imide groups is 2. The largest absolute Gasteiger partial charge is 0.481 e. The lowest BCUT2D eigenvalue weighted by atomic mass is 9.83. The van der Waals surface area contributed by atoms with E-state index < -0.39 is 41.7 Å². The molecule has 4 amide bonds. The van der Waals surface area contributed by atoms with Gasteiger partial charge in [-0.3, -0.25) is 49.0 Å². The van der Waals surface area contributed by atoms with Crippen molar-refractivity contribution in [3.8, 4) is 0 Å². The molecule has 0 spiro atoms. The highest BCUT2D eigenvalue weighted by atomic mass is 16.5. The number of ketones is 3. The van der Waals surface area contributed by atoms with Gasteiger partial charge in [-0.2, -0.15) is 0 Å². The van der Waals surface area contributed by atoms with Crippen molar-refractivity contribution in [1.29, 1.82) is 0 Å². The van der Waals surface area contributed by atoms with Crippen molar-refractivity contribution in [2.24, 2.45) is 5.92 Å². The number of carbonyl (C=O) groups excluding carboxylic acids is 8. The molecule has 15 heteroatoms. The minimum Gasteiger partial charge on any atom is -0.481 e. The summed E-state index contributed by atoms with van der Waals surface area (Å²) in [6, 6.07) is 0. The predicted molar refractivity (Wildman–Crippen MR) is 161 cm³/mol. The molecule has 0 radical (unpaired) electrons. The summed E-state index contributed by atoms with van der Waals surface area (Å²) < 4.78 is 15.7. The van der Waals surface area contributed by atoms with Crippen molar-refractivity contribution in [2.75, 3.05) is 26.4 Å². The van der Waals surface area contributed by atoms with Gasteiger partial charge in [0.2, 0.25) is 23.6 Å². The van der Waals surface area contributed by atoms with Crippen LogP contribution >= 0.6 is 0 Å². The standard InChI is InChI=1S/C14H19NO5.C10H18O3.C5H5NO3.C2H4O2/c1-2-5-19-6-3-4-9-7-12(17)20-10-8-11(16)15-14(18)13(9)10;1-3-6-13-7-4-5-10(12)8-9(2)11;7-3-1-4(8)6-5(9)2-3;1-2(3)4/h7,10,13H,2-6,8H2,1H3,(H,15,16,18);3-8H2,1-2H3;1-2H2,(H,6,8,9);1H3,(H,3,4). The number of hydrogen-bond donors (Lipinski definition) is 3. The number of carboxylic acids is 1. The van der Waals surface area contributed by atoms with E-state index in [1.165, 1.54) is 13.0 Å². The van der Waals surface area contributed by atoms with Crippen LogP contribution in [0.5, 0.6) is 0 Å². The number of esters is 1. The first-order valence-electron chi connectivity index (χ1n) is 15.1. The van der Waals surface area contributed by atoms with Gasteiger partial charge in [0.15, 0.2) is 5.78 Å². The Labute approximate surface area is 268 Å². The number of rotatable bonds is 14. The van der Waals surface area contributed by atoms with Crippen LogP contribution in [-0.4, -0.2) is 90.6 Å². The third kappa shape index (κ3) is 20.8.